The molecule has 2 N–H and O–H groups in total. The first-order valence-corrected chi connectivity index (χ1v) is 10.4. The van der Waals surface area contributed by atoms with E-state index in [1.54, 1.807) is 48.2 Å². The van der Waals surface area contributed by atoms with Crippen LogP contribution in [0.5, 0.6) is 11.5 Å². The molecule has 0 bridgehead atoms. The third-order valence-corrected chi connectivity index (χ3v) is 6.43. The fourth-order valence-corrected chi connectivity index (χ4v) is 4.96. The quantitative estimate of drug-likeness (QED) is 0.419. The minimum absolute atomic E-state index is 0.0615. The molecule has 1 atom stereocenters. The van der Waals surface area contributed by atoms with Crippen LogP contribution in [0.3, 0.4) is 0 Å². The standard InChI is InChI=1S/C24H17NO4S/c26-18-10-4-1-7-14(18)21-13-17(25-16-9-3-6-12-20(16)30-21)22-23(27)15-8-2-5-11-19(15)29-24(22)28/h1-12,21,26-27H,13H2. The van der Waals surface area contributed by atoms with Crippen LogP contribution >= 0.6 is 11.8 Å². The normalized spacial score (nSPS) is 16.0. The molecule has 1 aliphatic rings. The number of fused-ring (bicyclic) bond motifs is 2. The first kappa shape index (κ1) is 18.5. The molecule has 5 rings (SSSR count). The van der Waals surface area contributed by atoms with Gasteiger partial charge in [0.05, 0.1) is 16.8 Å². The Morgan fingerprint density at radius 3 is 2.53 bits per heavy atom. The molecule has 0 aliphatic carbocycles. The zero-order valence-electron chi connectivity index (χ0n) is 15.8. The fourth-order valence-electron chi connectivity index (χ4n) is 3.69. The van der Waals surface area contributed by atoms with Crippen LogP contribution in [-0.4, -0.2) is 15.9 Å². The number of rotatable bonds is 2. The van der Waals surface area contributed by atoms with Crippen molar-refractivity contribution in [3.05, 3.63) is 94.3 Å². The molecule has 0 radical (unpaired) electrons. The predicted octanol–water partition coefficient (Wildman–Crippen LogP) is 5.56. The summed E-state index contributed by atoms with van der Waals surface area (Å²) in [6.45, 7) is 0. The smallest absolute Gasteiger partial charge is 0.349 e. The summed E-state index contributed by atoms with van der Waals surface area (Å²) in [6.07, 6.45) is 0.341. The SMILES string of the molecule is O=c1oc2ccccc2c(O)c1C1=Nc2ccccc2SC(c2ccccc2O)C1. The van der Waals surface area contributed by atoms with Crippen LogP contribution in [0, 0.1) is 0 Å². The molecule has 0 fully saturated rings. The zero-order chi connectivity index (χ0) is 20.7. The Labute approximate surface area is 176 Å². The maximum Gasteiger partial charge on any atom is 0.349 e. The number of benzene rings is 3. The molecule has 2 heterocycles. The molecule has 1 aliphatic heterocycles. The summed E-state index contributed by atoms with van der Waals surface area (Å²) in [5, 5.41) is 21.6. The summed E-state index contributed by atoms with van der Waals surface area (Å²) in [5.41, 5.74) is 1.64. The van der Waals surface area contributed by atoms with Crippen LogP contribution in [0.2, 0.25) is 0 Å². The van der Waals surface area contributed by atoms with Crippen LogP contribution in [0.25, 0.3) is 11.0 Å². The van der Waals surface area contributed by atoms with Gasteiger partial charge in [0.1, 0.15) is 22.6 Å². The number of para-hydroxylation sites is 3. The lowest BCUT2D eigenvalue weighted by Crippen LogP contribution is -2.16. The Morgan fingerprint density at radius 1 is 0.933 bits per heavy atom. The summed E-state index contributed by atoms with van der Waals surface area (Å²) in [4.78, 5) is 18.5. The number of phenolic OH excluding ortho intramolecular Hbond substituents is 1. The fraction of sp³-hybridized carbons (Fsp3) is 0.0833. The Morgan fingerprint density at radius 2 is 1.67 bits per heavy atom. The highest BCUT2D eigenvalue weighted by molar-refractivity contribution is 7.99. The van der Waals surface area contributed by atoms with Crippen molar-refractivity contribution in [1.82, 2.24) is 0 Å². The van der Waals surface area contributed by atoms with Gasteiger partial charge in [0.15, 0.2) is 0 Å². The highest BCUT2D eigenvalue weighted by Gasteiger charge is 2.28. The van der Waals surface area contributed by atoms with Crippen LogP contribution in [0.1, 0.15) is 22.8 Å². The van der Waals surface area contributed by atoms with Gasteiger partial charge >= 0.3 is 5.63 Å². The van der Waals surface area contributed by atoms with Crippen molar-refractivity contribution in [2.75, 3.05) is 0 Å². The van der Waals surface area contributed by atoms with Gasteiger partial charge in [0.25, 0.3) is 0 Å². The maximum atomic E-state index is 12.8. The monoisotopic (exact) mass is 415 g/mol. The molecule has 4 aromatic rings. The van der Waals surface area contributed by atoms with E-state index in [0.717, 1.165) is 10.5 Å². The summed E-state index contributed by atoms with van der Waals surface area (Å²) in [7, 11) is 0. The second-order valence-corrected chi connectivity index (χ2v) is 8.25. The molecule has 1 unspecified atom stereocenters. The van der Waals surface area contributed by atoms with E-state index in [1.165, 1.54) is 0 Å². The minimum Gasteiger partial charge on any atom is -0.508 e. The van der Waals surface area contributed by atoms with Crippen LogP contribution in [0.15, 0.2) is 91.9 Å². The molecule has 6 heteroatoms. The molecule has 0 amide bonds. The van der Waals surface area contributed by atoms with E-state index in [0.29, 0.717) is 28.8 Å². The first-order chi connectivity index (χ1) is 14.6. The summed E-state index contributed by atoms with van der Waals surface area (Å²) < 4.78 is 5.47. The zero-order valence-corrected chi connectivity index (χ0v) is 16.6. The van der Waals surface area contributed by atoms with Crippen molar-refractivity contribution >= 4 is 34.1 Å². The molecule has 30 heavy (non-hydrogen) atoms. The minimum atomic E-state index is -0.634. The number of hydrogen-bond donors (Lipinski definition) is 2. The van der Waals surface area contributed by atoms with Crippen molar-refractivity contribution in [1.29, 1.82) is 0 Å². The number of thioether (sulfide) groups is 1. The molecule has 0 saturated carbocycles. The lowest BCUT2D eigenvalue weighted by molar-refractivity contribution is 0.465. The summed E-state index contributed by atoms with van der Waals surface area (Å²) in [5.74, 6) is 0.0458. The molecule has 3 aromatic carbocycles. The lowest BCUT2D eigenvalue weighted by atomic mass is 10.00. The summed E-state index contributed by atoms with van der Waals surface area (Å²) in [6, 6.07) is 21.6. The van der Waals surface area contributed by atoms with Crippen molar-refractivity contribution < 1.29 is 14.6 Å². The van der Waals surface area contributed by atoms with E-state index in [2.05, 4.69) is 0 Å². The first-order valence-electron chi connectivity index (χ1n) is 9.48. The second kappa shape index (κ2) is 7.39. The van der Waals surface area contributed by atoms with Gasteiger partial charge < -0.3 is 14.6 Å². The number of nitrogens with zero attached hydrogens (tertiary/aromatic N) is 1. The van der Waals surface area contributed by atoms with Gasteiger partial charge in [0, 0.05) is 22.1 Å². The number of aliphatic imine (C=N–C) groups is 1. The number of hydrogen-bond acceptors (Lipinski definition) is 6. The van der Waals surface area contributed by atoms with Gasteiger partial charge in [-0.2, -0.15) is 0 Å². The van der Waals surface area contributed by atoms with E-state index >= 15 is 0 Å². The van der Waals surface area contributed by atoms with Crippen molar-refractivity contribution in [2.45, 2.75) is 16.6 Å². The van der Waals surface area contributed by atoms with Crippen LogP contribution in [-0.2, 0) is 0 Å². The third kappa shape index (κ3) is 3.15. The average molecular weight is 415 g/mol. The Bertz CT molecular complexity index is 1360. The van der Waals surface area contributed by atoms with Crippen molar-refractivity contribution in [3.8, 4) is 11.5 Å². The largest absolute Gasteiger partial charge is 0.508 e. The van der Waals surface area contributed by atoms with Crippen molar-refractivity contribution in [3.63, 3.8) is 0 Å². The Hall–Kier alpha value is -3.51. The molecular formula is C24H17NO4S. The maximum absolute atomic E-state index is 12.8. The Balaban J connectivity index is 1.73. The summed E-state index contributed by atoms with van der Waals surface area (Å²) >= 11 is 1.57. The third-order valence-electron chi connectivity index (χ3n) is 5.13. The van der Waals surface area contributed by atoms with E-state index in [-0.39, 0.29) is 22.3 Å². The van der Waals surface area contributed by atoms with E-state index in [4.69, 9.17) is 9.41 Å². The van der Waals surface area contributed by atoms with Gasteiger partial charge in [0.2, 0.25) is 0 Å². The van der Waals surface area contributed by atoms with E-state index in [9.17, 15) is 15.0 Å². The highest BCUT2D eigenvalue weighted by atomic mass is 32.2. The Kier molecular flexibility index (Phi) is 4.56. The van der Waals surface area contributed by atoms with Gasteiger partial charge in [-0.15, -0.1) is 11.8 Å². The van der Waals surface area contributed by atoms with E-state index < -0.39 is 5.63 Å². The van der Waals surface area contributed by atoms with Crippen LogP contribution < -0.4 is 5.63 Å². The van der Waals surface area contributed by atoms with Gasteiger partial charge in [-0.3, -0.25) is 4.99 Å². The molecule has 0 saturated heterocycles. The molecular weight excluding hydrogens is 398 g/mol. The number of aromatic hydroxyl groups is 2. The predicted molar refractivity (Wildman–Crippen MR) is 118 cm³/mol. The average Bonchev–Trinajstić information content (AvgIpc) is 2.93. The topological polar surface area (TPSA) is 83.0 Å². The van der Waals surface area contributed by atoms with Gasteiger partial charge in [-0.05, 0) is 30.3 Å². The van der Waals surface area contributed by atoms with Gasteiger partial charge in [-0.25, -0.2) is 4.79 Å². The highest BCUT2D eigenvalue weighted by Crippen LogP contribution is 2.47. The van der Waals surface area contributed by atoms with Crippen molar-refractivity contribution in [2.24, 2.45) is 4.99 Å². The molecule has 148 valence electrons. The molecule has 5 nitrogen and oxygen atoms in total. The van der Waals surface area contributed by atoms with E-state index in [1.807, 2.05) is 36.4 Å². The molecule has 0 spiro atoms. The lowest BCUT2D eigenvalue weighted by Gasteiger charge is -2.17. The second-order valence-electron chi connectivity index (χ2n) is 7.00. The van der Waals surface area contributed by atoms with Gasteiger partial charge in [-0.1, -0.05) is 42.5 Å². The molecule has 1 aromatic heterocycles. The number of phenols is 1. The van der Waals surface area contributed by atoms with Crippen LogP contribution in [0.4, 0.5) is 5.69 Å².